The van der Waals surface area contributed by atoms with Crippen molar-refractivity contribution in [3.05, 3.63) is 12.2 Å². The van der Waals surface area contributed by atoms with Crippen molar-refractivity contribution in [3.63, 3.8) is 0 Å². The van der Waals surface area contributed by atoms with E-state index in [2.05, 4.69) is 6.58 Å². The molecular formula is C12H19NO3. The van der Waals surface area contributed by atoms with Gasteiger partial charge in [0, 0.05) is 12.1 Å². The maximum Gasteiger partial charge on any atom is 0.408 e. The van der Waals surface area contributed by atoms with Crippen LogP contribution in [0.2, 0.25) is 0 Å². The maximum atomic E-state index is 11.3. The molecule has 0 aliphatic carbocycles. The van der Waals surface area contributed by atoms with E-state index < -0.39 is 11.6 Å². The molecule has 1 heterocycles. The topological polar surface area (TPSA) is 57.6 Å². The van der Waals surface area contributed by atoms with Crippen LogP contribution in [0.1, 0.15) is 33.6 Å². The van der Waals surface area contributed by atoms with Crippen LogP contribution in [0, 0.1) is 5.41 Å². The molecule has 0 unspecified atom stereocenters. The summed E-state index contributed by atoms with van der Waals surface area (Å²) in [5, 5.41) is 9.23. The van der Waals surface area contributed by atoms with Gasteiger partial charge in [0.25, 0.3) is 0 Å². The van der Waals surface area contributed by atoms with Crippen molar-refractivity contribution < 1.29 is 14.7 Å². The minimum atomic E-state index is -0.976. The number of nitrogens with zero attached hydrogens (tertiary/aromatic N) is 1. The van der Waals surface area contributed by atoms with Crippen LogP contribution >= 0.6 is 0 Å². The molecule has 1 rings (SSSR count). The Hall–Kier alpha value is -1.32. The van der Waals surface area contributed by atoms with Gasteiger partial charge in [-0.1, -0.05) is 27.4 Å². The molecule has 1 saturated heterocycles. The standard InChI is InChI=1S/C12H19NO3/c1-9(8-14)12(11(2,3)4)6-5-7-13(12)10(15)16/h8H,1,5-7H2,2-4H3,(H,15,16)/t12-/m0/s1. The first-order chi connectivity index (χ1) is 7.27. The van der Waals surface area contributed by atoms with E-state index in [9.17, 15) is 14.7 Å². The highest BCUT2D eigenvalue weighted by Crippen LogP contribution is 2.47. The Kier molecular flexibility index (Phi) is 3.13. The zero-order valence-corrected chi connectivity index (χ0v) is 10.1. The summed E-state index contributed by atoms with van der Waals surface area (Å²) in [6, 6.07) is 0. The van der Waals surface area contributed by atoms with Crippen molar-refractivity contribution in [2.24, 2.45) is 5.41 Å². The molecule has 1 fully saturated rings. The Morgan fingerprint density at radius 2 is 2.06 bits per heavy atom. The average molecular weight is 225 g/mol. The molecule has 0 saturated carbocycles. The van der Waals surface area contributed by atoms with E-state index in [1.165, 1.54) is 4.90 Å². The second-order valence-electron chi connectivity index (χ2n) is 5.29. The van der Waals surface area contributed by atoms with E-state index in [-0.39, 0.29) is 5.41 Å². The van der Waals surface area contributed by atoms with Crippen LogP contribution in [0.5, 0.6) is 0 Å². The van der Waals surface area contributed by atoms with Crippen LogP contribution in [0.3, 0.4) is 0 Å². The third-order valence-corrected chi connectivity index (χ3v) is 3.53. The minimum Gasteiger partial charge on any atom is -0.465 e. The summed E-state index contributed by atoms with van der Waals surface area (Å²) < 4.78 is 0. The van der Waals surface area contributed by atoms with Gasteiger partial charge in [0.2, 0.25) is 0 Å². The Morgan fingerprint density at radius 3 is 2.44 bits per heavy atom. The molecular weight excluding hydrogens is 206 g/mol. The molecule has 90 valence electrons. The first-order valence-electron chi connectivity index (χ1n) is 5.42. The first kappa shape index (κ1) is 12.7. The molecule has 16 heavy (non-hydrogen) atoms. The molecule has 0 aromatic rings. The van der Waals surface area contributed by atoms with Crippen molar-refractivity contribution in [1.29, 1.82) is 0 Å². The lowest BCUT2D eigenvalue weighted by Gasteiger charge is -2.47. The number of amides is 1. The van der Waals surface area contributed by atoms with Crippen molar-refractivity contribution in [1.82, 2.24) is 4.90 Å². The molecule has 1 atom stereocenters. The van der Waals surface area contributed by atoms with Gasteiger partial charge in [0.1, 0.15) is 6.29 Å². The van der Waals surface area contributed by atoms with E-state index in [4.69, 9.17) is 0 Å². The second kappa shape index (κ2) is 3.92. The van der Waals surface area contributed by atoms with Gasteiger partial charge < -0.3 is 5.11 Å². The summed E-state index contributed by atoms with van der Waals surface area (Å²) in [5.74, 6) is 0. The fraction of sp³-hybridized carbons (Fsp3) is 0.667. The number of carboxylic acid groups (broad SMARTS) is 1. The normalized spacial score (nSPS) is 25.6. The van der Waals surface area contributed by atoms with E-state index >= 15 is 0 Å². The van der Waals surface area contributed by atoms with E-state index in [0.29, 0.717) is 24.8 Å². The highest BCUT2D eigenvalue weighted by molar-refractivity contribution is 5.80. The first-order valence-corrected chi connectivity index (χ1v) is 5.42. The summed E-state index contributed by atoms with van der Waals surface area (Å²) in [6.07, 6.45) is 1.15. The van der Waals surface area contributed by atoms with Crippen LogP contribution in [0.4, 0.5) is 4.79 Å². The summed E-state index contributed by atoms with van der Waals surface area (Å²) in [4.78, 5) is 23.6. The predicted octanol–water partition coefficient (Wildman–Crippen LogP) is 2.30. The highest BCUT2D eigenvalue weighted by atomic mass is 16.4. The number of likely N-dealkylation sites (tertiary alicyclic amines) is 1. The van der Waals surface area contributed by atoms with E-state index in [1.807, 2.05) is 20.8 Å². The fourth-order valence-electron chi connectivity index (χ4n) is 2.77. The van der Waals surface area contributed by atoms with Crippen molar-refractivity contribution in [2.45, 2.75) is 39.2 Å². The summed E-state index contributed by atoms with van der Waals surface area (Å²) >= 11 is 0. The van der Waals surface area contributed by atoms with Crippen LogP contribution < -0.4 is 0 Å². The van der Waals surface area contributed by atoms with Gasteiger partial charge >= 0.3 is 6.09 Å². The van der Waals surface area contributed by atoms with Gasteiger partial charge in [-0.3, -0.25) is 9.69 Å². The van der Waals surface area contributed by atoms with Gasteiger partial charge in [0.05, 0.1) is 5.54 Å². The molecule has 4 heteroatoms. The van der Waals surface area contributed by atoms with Crippen LogP contribution in [-0.4, -0.2) is 34.5 Å². The van der Waals surface area contributed by atoms with E-state index in [0.717, 1.165) is 6.42 Å². The molecule has 4 nitrogen and oxygen atoms in total. The Balaban J connectivity index is 3.29. The molecule has 1 N–H and O–H groups in total. The minimum absolute atomic E-state index is 0.333. The number of hydrogen-bond acceptors (Lipinski definition) is 2. The second-order valence-corrected chi connectivity index (χ2v) is 5.29. The predicted molar refractivity (Wildman–Crippen MR) is 61.4 cm³/mol. The zero-order valence-electron chi connectivity index (χ0n) is 10.1. The molecule has 0 bridgehead atoms. The zero-order chi connectivity index (χ0) is 12.6. The summed E-state index contributed by atoms with van der Waals surface area (Å²) in [7, 11) is 0. The maximum absolute atomic E-state index is 11.3. The Morgan fingerprint density at radius 1 is 1.50 bits per heavy atom. The molecule has 0 spiro atoms. The largest absolute Gasteiger partial charge is 0.465 e. The van der Waals surface area contributed by atoms with Crippen LogP contribution in [-0.2, 0) is 4.79 Å². The number of hydrogen-bond donors (Lipinski definition) is 1. The van der Waals surface area contributed by atoms with E-state index in [1.54, 1.807) is 0 Å². The third kappa shape index (κ3) is 1.62. The molecule has 1 amide bonds. The monoisotopic (exact) mass is 225 g/mol. The lowest BCUT2D eigenvalue weighted by molar-refractivity contribution is -0.106. The molecule has 0 aromatic carbocycles. The quantitative estimate of drug-likeness (QED) is 0.579. The van der Waals surface area contributed by atoms with Gasteiger partial charge in [0.15, 0.2) is 0 Å². The fourth-order valence-corrected chi connectivity index (χ4v) is 2.77. The lowest BCUT2D eigenvalue weighted by atomic mass is 9.68. The van der Waals surface area contributed by atoms with Gasteiger partial charge in [-0.15, -0.1) is 0 Å². The summed E-state index contributed by atoms with van der Waals surface area (Å²) in [5.41, 5.74) is -0.722. The average Bonchev–Trinajstić information content (AvgIpc) is 2.60. The number of carbonyl (C=O) groups is 2. The Labute approximate surface area is 95.9 Å². The van der Waals surface area contributed by atoms with Gasteiger partial charge in [-0.25, -0.2) is 4.79 Å². The molecule has 0 aromatic heterocycles. The number of aldehydes is 1. The summed E-state index contributed by atoms with van der Waals surface area (Å²) in [6.45, 7) is 10.1. The smallest absolute Gasteiger partial charge is 0.408 e. The third-order valence-electron chi connectivity index (χ3n) is 3.53. The Bertz CT molecular complexity index is 330. The number of carbonyl (C=O) groups excluding carboxylic acids is 1. The van der Waals surface area contributed by atoms with Crippen LogP contribution in [0.25, 0.3) is 0 Å². The van der Waals surface area contributed by atoms with Crippen molar-refractivity contribution in [2.75, 3.05) is 6.54 Å². The highest BCUT2D eigenvalue weighted by Gasteiger charge is 2.53. The van der Waals surface area contributed by atoms with Gasteiger partial charge in [-0.05, 0) is 18.3 Å². The van der Waals surface area contributed by atoms with Crippen molar-refractivity contribution in [3.8, 4) is 0 Å². The molecule has 0 radical (unpaired) electrons. The van der Waals surface area contributed by atoms with Crippen molar-refractivity contribution >= 4 is 12.4 Å². The molecule has 1 aliphatic heterocycles. The SMILES string of the molecule is C=C(C=O)[C@]1(C(C)(C)C)CCCN1C(=O)O. The lowest BCUT2D eigenvalue weighted by Crippen LogP contribution is -2.56. The molecule has 1 aliphatic rings. The number of rotatable bonds is 2. The van der Waals surface area contributed by atoms with Gasteiger partial charge in [-0.2, -0.15) is 0 Å². The van der Waals surface area contributed by atoms with Crippen LogP contribution in [0.15, 0.2) is 12.2 Å².